The second kappa shape index (κ2) is 3.16. The van der Waals surface area contributed by atoms with Crippen molar-refractivity contribution in [3.05, 3.63) is 0 Å². The SMILES string of the molecule is O=S1(=O)O[C@H]2CC[C@@]3(CCCO3)C[C@H]2O1. The predicted molar refractivity (Wildman–Crippen MR) is 50.4 cm³/mol. The highest BCUT2D eigenvalue weighted by Crippen LogP contribution is 2.44. The molecule has 0 N–H and O–H groups in total. The van der Waals surface area contributed by atoms with Crippen LogP contribution in [-0.2, 0) is 23.5 Å². The van der Waals surface area contributed by atoms with E-state index in [0.29, 0.717) is 12.8 Å². The van der Waals surface area contributed by atoms with Gasteiger partial charge >= 0.3 is 10.4 Å². The van der Waals surface area contributed by atoms with Gasteiger partial charge in [0.2, 0.25) is 0 Å². The molecule has 0 amide bonds. The summed E-state index contributed by atoms with van der Waals surface area (Å²) < 4.78 is 37.7. The van der Waals surface area contributed by atoms with Gasteiger partial charge in [0.25, 0.3) is 0 Å². The molecule has 86 valence electrons. The Labute approximate surface area is 89.0 Å². The van der Waals surface area contributed by atoms with Crippen molar-refractivity contribution in [2.45, 2.75) is 49.9 Å². The molecule has 3 rings (SSSR count). The number of hydrogen-bond acceptors (Lipinski definition) is 5. The Hall–Kier alpha value is -0.170. The molecular weight excluding hydrogens is 220 g/mol. The van der Waals surface area contributed by atoms with Crippen LogP contribution in [0, 0.1) is 0 Å². The summed E-state index contributed by atoms with van der Waals surface area (Å²) in [6.45, 7) is 0.783. The number of rotatable bonds is 0. The lowest BCUT2D eigenvalue weighted by molar-refractivity contribution is -0.0698. The summed E-state index contributed by atoms with van der Waals surface area (Å²) >= 11 is 0. The molecule has 2 aliphatic heterocycles. The number of ether oxygens (including phenoxy) is 1. The van der Waals surface area contributed by atoms with E-state index in [4.69, 9.17) is 13.1 Å². The molecule has 15 heavy (non-hydrogen) atoms. The summed E-state index contributed by atoms with van der Waals surface area (Å²) in [5, 5.41) is 0. The average Bonchev–Trinajstić information content (AvgIpc) is 2.69. The maximum atomic E-state index is 11.1. The Morgan fingerprint density at radius 2 is 1.93 bits per heavy atom. The standard InChI is InChI=1S/C9H14O5S/c10-15(11)13-7-2-4-9(3-1-5-12-9)6-8(7)14-15/h7-8H,1-6H2/t7-,8+,9-/m0/s1. The molecule has 1 aliphatic carbocycles. The number of fused-ring (bicyclic) bond motifs is 1. The van der Waals surface area contributed by atoms with Crippen LogP contribution in [0.5, 0.6) is 0 Å². The largest absolute Gasteiger partial charge is 0.400 e. The summed E-state index contributed by atoms with van der Waals surface area (Å²) in [4.78, 5) is 0. The van der Waals surface area contributed by atoms with Gasteiger partial charge in [0.1, 0.15) is 12.2 Å². The molecule has 0 aromatic rings. The molecule has 3 atom stereocenters. The van der Waals surface area contributed by atoms with Crippen LogP contribution in [0.1, 0.15) is 32.1 Å². The van der Waals surface area contributed by atoms with Crippen LogP contribution in [0.2, 0.25) is 0 Å². The minimum absolute atomic E-state index is 0.135. The molecule has 0 aromatic carbocycles. The van der Waals surface area contributed by atoms with Crippen LogP contribution in [0.25, 0.3) is 0 Å². The molecule has 1 saturated carbocycles. The Morgan fingerprint density at radius 3 is 2.67 bits per heavy atom. The lowest BCUT2D eigenvalue weighted by atomic mass is 9.80. The smallest absolute Gasteiger partial charge is 0.375 e. The van der Waals surface area contributed by atoms with Crippen molar-refractivity contribution < 1.29 is 21.5 Å². The molecule has 3 aliphatic rings. The molecule has 6 heteroatoms. The fourth-order valence-electron chi connectivity index (χ4n) is 2.84. The molecule has 0 bridgehead atoms. The monoisotopic (exact) mass is 234 g/mol. The third kappa shape index (κ3) is 1.69. The molecule has 2 saturated heterocycles. The minimum atomic E-state index is -3.73. The van der Waals surface area contributed by atoms with Crippen LogP contribution in [-0.4, -0.2) is 32.8 Å². The third-order valence-corrected chi connectivity index (χ3v) is 4.51. The molecule has 0 aromatic heterocycles. The van der Waals surface area contributed by atoms with Crippen molar-refractivity contribution in [3.8, 4) is 0 Å². The highest BCUT2D eigenvalue weighted by Gasteiger charge is 2.50. The van der Waals surface area contributed by atoms with Gasteiger partial charge < -0.3 is 4.74 Å². The van der Waals surface area contributed by atoms with Gasteiger partial charge in [-0.1, -0.05) is 0 Å². The summed E-state index contributed by atoms with van der Waals surface area (Å²) in [5.74, 6) is 0. The summed E-state index contributed by atoms with van der Waals surface area (Å²) in [7, 11) is -3.73. The summed E-state index contributed by atoms with van der Waals surface area (Å²) in [6, 6.07) is 0. The predicted octanol–water partition coefficient (Wildman–Crippen LogP) is 0.748. The second-order valence-electron chi connectivity index (χ2n) is 4.56. The molecule has 3 fully saturated rings. The van der Waals surface area contributed by atoms with Gasteiger partial charge in [0.05, 0.1) is 5.60 Å². The first-order valence-corrected chi connectivity index (χ1v) is 6.67. The van der Waals surface area contributed by atoms with E-state index in [1.807, 2.05) is 0 Å². The topological polar surface area (TPSA) is 61.8 Å². The van der Waals surface area contributed by atoms with Crippen molar-refractivity contribution in [2.24, 2.45) is 0 Å². The molecule has 0 radical (unpaired) electrons. The third-order valence-electron chi connectivity index (χ3n) is 3.54. The second-order valence-corrected chi connectivity index (χ2v) is 5.76. The van der Waals surface area contributed by atoms with E-state index in [1.165, 1.54) is 0 Å². The van der Waals surface area contributed by atoms with E-state index in [2.05, 4.69) is 0 Å². The Morgan fingerprint density at radius 1 is 1.13 bits per heavy atom. The van der Waals surface area contributed by atoms with E-state index in [-0.39, 0.29) is 17.8 Å². The highest BCUT2D eigenvalue weighted by molar-refractivity contribution is 7.82. The van der Waals surface area contributed by atoms with E-state index < -0.39 is 10.4 Å². The summed E-state index contributed by atoms with van der Waals surface area (Å²) in [6.07, 6.45) is 3.70. The average molecular weight is 234 g/mol. The first kappa shape index (κ1) is 10.0. The van der Waals surface area contributed by atoms with Gasteiger partial charge in [-0.15, -0.1) is 0 Å². The van der Waals surface area contributed by atoms with E-state index in [9.17, 15) is 8.42 Å². The van der Waals surface area contributed by atoms with E-state index in [1.54, 1.807) is 0 Å². The van der Waals surface area contributed by atoms with Crippen molar-refractivity contribution >= 4 is 10.4 Å². The maximum absolute atomic E-state index is 11.1. The highest BCUT2D eigenvalue weighted by atomic mass is 32.3. The van der Waals surface area contributed by atoms with Crippen LogP contribution in [0.4, 0.5) is 0 Å². The minimum Gasteiger partial charge on any atom is -0.375 e. The number of hydrogen-bond donors (Lipinski definition) is 0. The Kier molecular flexibility index (Phi) is 2.11. The van der Waals surface area contributed by atoms with Gasteiger partial charge in [-0.25, -0.2) is 8.37 Å². The van der Waals surface area contributed by atoms with Crippen molar-refractivity contribution in [2.75, 3.05) is 6.61 Å². The van der Waals surface area contributed by atoms with Gasteiger partial charge in [0, 0.05) is 13.0 Å². The lowest BCUT2D eigenvalue weighted by Crippen LogP contribution is -2.42. The fraction of sp³-hybridized carbons (Fsp3) is 1.00. The van der Waals surface area contributed by atoms with Gasteiger partial charge in [0.15, 0.2) is 0 Å². The fourth-order valence-corrected chi connectivity index (χ4v) is 3.90. The lowest BCUT2D eigenvalue weighted by Gasteiger charge is -2.36. The first-order valence-electron chi connectivity index (χ1n) is 5.34. The van der Waals surface area contributed by atoms with Gasteiger partial charge in [-0.2, -0.15) is 8.42 Å². The zero-order valence-corrected chi connectivity index (χ0v) is 9.16. The van der Waals surface area contributed by atoms with Gasteiger partial charge in [-0.3, -0.25) is 0 Å². The zero-order chi connectivity index (χ0) is 10.5. The molecule has 2 heterocycles. The van der Waals surface area contributed by atoms with Crippen molar-refractivity contribution in [1.29, 1.82) is 0 Å². The first-order chi connectivity index (χ1) is 7.09. The van der Waals surface area contributed by atoms with Crippen molar-refractivity contribution in [1.82, 2.24) is 0 Å². The van der Waals surface area contributed by atoms with Crippen LogP contribution < -0.4 is 0 Å². The van der Waals surface area contributed by atoms with E-state index >= 15 is 0 Å². The van der Waals surface area contributed by atoms with E-state index in [0.717, 1.165) is 25.9 Å². The zero-order valence-electron chi connectivity index (χ0n) is 8.35. The Bertz CT molecular complexity index is 357. The quantitative estimate of drug-likeness (QED) is 0.619. The molecule has 5 nitrogen and oxygen atoms in total. The van der Waals surface area contributed by atoms with Crippen LogP contribution in [0.15, 0.2) is 0 Å². The van der Waals surface area contributed by atoms with Crippen LogP contribution >= 0.6 is 0 Å². The van der Waals surface area contributed by atoms with Crippen molar-refractivity contribution in [3.63, 3.8) is 0 Å². The Balaban J connectivity index is 1.78. The van der Waals surface area contributed by atoms with Gasteiger partial charge in [-0.05, 0) is 25.7 Å². The molecular formula is C9H14O5S. The normalized spacial score (nSPS) is 48.3. The molecule has 1 spiro atoms. The maximum Gasteiger partial charge on any atom is 0.400 e. The molecule has 0 unspecified atom stereocenters. The summed E-state index contributed by atoms with van der Waals surface area (Å²) in [5.41, 5.74) is -0.135. The van der Waals surface area contributed by atoms with Crippen LogP contribution in [0.3, 0.4) is 0 Å².